The van der Waals surface area contributed by atoms with Crippen LogP contribution in [0.3, 0.4) is 0 Å². The number of morpholine rings is 1. The van der Waals surface area contributed by atoms with E-state index in [0.717, 1.165) is 18.7 Å². The molecule has 0 radical (unpaired) electrons. The molecule has 0 saturated carbocycles. The van der Waals surface area contributed by atoms with Crippen molar-refractivity contribution in [2.75, 3.05) is 38.7 Å². The zero-order valence-corrected chi connectivity index (χ0v) is 15.6. The normalized spacial score (nSPS) is 17.2. The van der Waals surface area contributed by atoms with Crippen LogP contribution >= 0.6 is 0 Å². The number of hydrogen-bond acceptors (Lipinski definition) is 6. The highest BCUT2D eigenvalue weighted by Crippen LogP contribution is 2.16. The Morgan fingerprint density at radius 3 is 2.88 bits per heavy atom. The Hall–Kier alpha value is -2.54. The molecule has 2 aromatic rings. The molecule has 138 valence electrons. The molecule has 7 heteroatoms. The van der Waals surface area contributed by atoms with Gasteiger partial charge in [0, 0.05) is 39.6 Å². The van der Waals surface area contributed by atoms with E-state index in [1.165, 1.54) is 5.56 Å². The van der Waals surface area contributed by atoms with E-state index in [1.807, 2.05) is 36.2 Å². The van der Waals surface area contributed by atoms with Crippen molar-refractivity contribution in [2.45, 2.75) is 25.9 Å². The van der Waals surface area contributed by atoms with Gasteiger partial charge in [-0.15, -0.1) is 0 Å². The minimum Gasteiger partial charge on any atom is -0.375 e. The predicted molar refractivity (Wildman–Crippen MR) is 99.3 cm³/mol. The summed E-state index contributed by atoms with van der Waals surface area (Å²) >= 11 is 0. The SMILES string of the molecule is Cc1nccc(C(=O)N2CCOC(CCc3ccnc(N(C)C)c3)C2)n1. The molecule has 3 rings (SSSR count). The number of aryl methyl sites for hydroxylation is 2. The second kappa shape index (κ2) is 8.23. The van der Waals surface area contributed by atoms with Crippen molar-refractivity contribution in [1.29, 1.82) is 0 Å². The molecule has 3 heterocycles. The lowest BCUT2D eigenvalue weighted by Crippen LogP contribution is -2.46. The fourth-order valence-electron chi connectivity index (χ4n) is 3.00. The second-order valence-electron chi connectivity index (χ2n) is 6.69. The molecular formula is C19H25N5O2. The van der Waals surface area contributed by atoms with Crippen molar-refractivity contribution < 1.29 is 9.53 Å². The number of pyridine rings is 1. The van der Waals surface area contributed by atoms with E-state index in [2.05, 4.69) is 21.0 Å². The zero-order chi connectivity index (χ0) is 18.5. The molecule has 0 aromatic carbocycles. The lowest BCUT2D eigenvalue weighted by molar-refractivity contribution is -0.0247. The average Bonchev–Trinajstić information content (AvgIpc) is 2.66. The number of nitrogens with zero attached hydrogens (tertiary/aromatic N) is 5. The first kappa shape index (κ1) is 18.3. The van der Waals surface area contributed by atoms with Crippen LogP contribution in [-0.4, -0.2) is 65.7 Å². The number of amides is 1. The highest BCUT2D eigenvalue weighted by Gasteiger charge is 2.25. The molecule has 1 fully saturated rings. The van der Waals surface area contributed by atoms with Crippen molar-refractivity contribution in [3.63, 3.8) is 0 Å². The van der Waals surface area contributed by atoms with Crippen LogP contribution in [0.4, 0.5) is 5.82 Å². The molecule has 1 aliphatic heterocycles. The predicted octanol–water partition coefficient (Wildman–Crippen LogP) is 1.72. The minimum absolute atomic E-state index is 0.0339. The smallest absolute Gasteiger partial charge is 0.272 e. The molecule has 1 amide bonds. The van der Waals surface area contributed by atoms with E-state index < -0.39 is 0 Å². The van der Waals surface area contributed by atoms with Crippen LogP contribution in [0.5, 0.6) is 0 Å². The summed E-state index contributed by atoms with van der Waals surface area (Å²) in [7, 11) is 3.96. The van der Waals surface area contributed by atoms with Crippen LogP contribution in [0, 0.1) is 6.92 Å². The third kappa shape index (κ3) is 4.54. The number of aromatic nitrogens is 3. The fourth-order valence-corrected chi connectivity index (χ4v) is 3.00. The largest absolute Gasteiger partial charge is 0.375 e. The summed E-state index contributed by atoms with van der Waals surface area (Å²) in [6.07, 6.45) is 5.25. The van der Waals surface area contributed by atoms with Gasteiger partial charge in [0.05, 0.1) is 12.7 Å². The zero-order valence-electron chi connectivity index (χ0n) is 15.6. The van der Waals surface area contributed by atoms with Crippen LogP contribution in [0.25, 0.3) is 0 Å². The summed E-state index contributed by atoms with van der Waals surface area (Å²) in [5, 5.41) is 0. The summed E-state index contributed by atoms with van der Waals surface area (Å²) in [6, 6.07) is 5.79. The van der Waals surface area contributed by atoms with Gasteiger partial charge in [-0.3, -0.25) is 4.79 Å². The van der Waals surface area contributed by atoms with Gasteiger partial charge in [0.2, 0.25) is 0 Å². The lowest BCUT2D eigenvalue weighted by atomic mass is 10.1. The Morgan fingerprint density at radius 1 is 1.31 bits per heavy atom. The van der Waals surface area contributed by atoms with Gasteiger partial charge in [0.15, 0.2) is 0 Å². The van der Waals surface area contributed by atoms with E-state index in [9.17, 15) is 4.79 Å². The van der Waals surface area contributed by atoms with Gasteiger partial charge in [-0.25, -0.2) is 15.0 Å². The Balaban J connectivity index is 1.58. The highest BCUT2D eigenvalue weighted by atomic mass is 16.5. The average molecular weight is 355 g/mol. The van der Waals surface area contributed by atoms with Gasteiger partial charge in [-0.1, -0.05) is 0 Å². The molecule has 7 nitrogen and oxygen atoms in total. The Labute approximate surface area is 154 Å². The molecule has 0 N–H and O–H groups in total. The molecule has 0 bridgehead atoms. The molecular weight excluding hydrogens is 330 g/mol. The summed E-state index contributed by atoms with van der Waals surface area (Å²) in [4.78, 5) is 29.1. The topological polar surface area (TPSA) is 71.5 Å². The summed E-state index contributed by atoms with van der Waals surface area (Å²) in [6.45, 7) is 3.53. The van der Waals surface area contributed by atoms with Crippen LogP contribution in [-0.2, 0) is 11.2 Å². The number of carbonyl (C=O) groups is 1. The molecule has 1 saturated heterocycles. The molecule has 1 unspecified atom stereocenters. The van der Waals surface area contributed by atoms with Crippen molar-refractivity contribution in [2.24, 2.45) is 0 Å². The first-order chi connectivity index (χ1) is 12.5. The van der Waals surface area contributed by atoms with Crippen molar-refractivity contribution in [1.82, 2.24) is 19.9 Å². The number of rotatable bonds is 5. The Bertz CT molecular complexity index is 765. The number of anilines is 1. The standard InChI is InChI=1S/C19H25N5O2/c1-14-20-9-7-17(22-14)19(25)24-10-11-26-16(13-24)5-4-15-6-8-21-18(12-15)23(2)3/h6-9,12,16H,4-5,10-11,13H2,1-3H3. The van der Waals surface area contributed by atoms with Gasteiger partial charge in [-0.05, 0) is 43.5 Å². The number of carbonyl (C=O) groups excluding carboxylic acids is 1. The maximum atomic E-state index is 12.7. The minimum atomic E-state index is -0.0531. The third-order valence-electron chi connectivity index (χ3n) is 4.44. The van der Waals surface area contributed by atoms with Crippen LogP contribution in [0.1, 0.15) is 28.3 Å². The van der Waals surface area contributed by atoms with Crippen LogP contribution in [0.15, 0.2) is 30.6 Å². The highest BCUT2D eigenvalue weighted by molar-refractivity contribution is 5.92. The number of hydrogen-bond donors (Lipinski definition) is 0. The molecule has 0 spiro atoms. The van der Waals surface area contributed by atoms with E-state index in [-0.39, 0.29) is 12.0 Å². The summed E-state index contributed by atoms with van der Waals surface area (Å²) < 4.78 is 5.86. The fraction of sp³-hybridized carbons (Fsp3) is 0.474. The quantitative estimate of drug-likeness (QED) is 0.813. The second-order valence-corrected chi connectivity index (χ2v) is 6.69. The van der Waals surface area contributed by atoms with Crippen molar-refractivity contribution >= 4 is 11.7 Å². The van der Waals surface area contributed by atoms with Crippen molar-refractivity contribution in [3.8, 4) is 0 Å². The third-order valence-corrected chi connectivity index (χ3v) is 4.44. The van der Waals surface area contributed by atoms with Gasteiger partial charge in [0.1, 0.15) is 17.3 Å². The molecule has 1 atom stereocenters. The Morgan fingerprint density at radius 2 is 2.12 bits per heavy atom. The van der Waals surface area contributed by atoms with Gasteiger partial charge in [-0.2, -0.15) is 0 Å². The number of ether oxygens (including phenoxy) is 1. The summed E-state index contributed by atoms with van der Waals surface area (Å²) in [5.41, 5.74) is 1.67. The molecule has 2 aromatic heterocycles. The maximum absolute atomic E-state index is 12.7. The van der Waals surface area contributed by atoms with Gasteiger partial charge >= 0.3 is 0 Å². The molecule has 0 aliphatic carbocycles. The van der Waals surface area contributed by atoms with Crippen LogP contribution in [0.2, 0.25) is 0 Å². The van der Waals surface area contributed by atoms with Crippen LogP contribution < -0.4 is 4.90 Å². The van der Waals surface area contributed by atoms with E-state index in [4.69, 9.17) is 4.74 Å². The van der Waals surface area contributed by atoms with E-state index in [1.54, 1.807) is 19.2 Å². The summed E-state index contributed by atoms with van der Waals surface area (Å²) in [5.74, 6) is 1.50. The Kier molecular flexibility index (Phi) is 5.78. The maximum Gasteiger partial charge on any atom is 0.272 e. The van der Waals surface area contributed by atoms with E-state index >= 15 is 0 Å². The monoisotopic (exact) mass is 355 g/mol. The first-order valence-corrected chi connectivity index (χ1v) is 8.85. The lowest BCUT2D eigenvalue weighted by Gasteiger charge is -2.33. The van der Waals surface area contributed by atoms with Crippen molar-refractivity contribution in [3.05, 3.63) is 47.7 Å². The van der Waals surface area contributed by atoms with E-state index in [0.29, 0.717) is 31.2 Å². The first-order valence-electron chi connectivity index (χ1n) is 8.85. The molecule has 1 aliphatic rings. The van der Waals surface area contributed by atoms with Gasteiger partial charge < -0.3 is 14.5 Å². The van der Waals surface area contributed by atoms with Gasteiger partial charge in [0.25, 0.3) is 5.91 Å². The molecule has 26 heavy (non-hydrogen) atoms.